The molecule has 0 bridgehead atoms. The molecular formula is C15H15Cl2N5OS. The summed E-state index contributed by atoms with van der Waals surface area (Å²) in [6.45, 7) is 1.66. The molecular weight excluding hydrogens is 369 g/mol. The van der Waals surface area contributed by atoms with Crippen molar-refractivity contribution in [3.63, 3.8) is 0 Å². The van der Waals surface area contributed by atoms with Crippen molar-refractivity contribution in [2.45, 2.75) is 12.8 Å². The Morgan fingerprint density at radius 3 is 2.42 bits per heavy atom. The van der Waals surface area contributed by atoms with E-state index in [4.69, 9.17) is 41.2 Å². The van der Waals surface area contributed by atoms with Crippen LogP contribution in [0.5, 0.6) is 0 Å². The number of hydrogen-bond donors (Lipinski definition) is 2. The second-order valence-corrected chi connectivity index (χ2v) is 6.87. The number of carbonyl (C=O) groups is 1. The number of anilines is 1. The number of nitrogens with one attached hydrogen (secondary N) is 1. The number of aliphatic imine (C=N–C) groups is 2. The minimum absolute atomic E-state index is 0.141. The summed E-state index contributed by atoms with van der Waals surface area (Å²) >= 11 is 17.2. The number of halogens is 2. The Balaban J connectivity index is 1.76. The number of guanidine groups is 1. The van der Waals surface area contributed by atoms with E-state index in [1.807, 2.05) is 4.90 Å². The fourth-order valence-electron chi connectivity index (χ4n) is 2.64. The van der Waals surface area contributed by atoms with E-state index >= 15 is 0 Å². The summed E-state index contributed by atoms with van der Waals surface area (Å²) in [4.78, 5) is 22.9. The van der Waals surface area contributed by atoms with Gasteiger partial charge in [-0.05, 0) is 31.0 Å². The van der Waals surface area contributed by atoms with Gasteiger partial charge in [0.1, 0.15) is 16.7 Å². The van der Waals surface area contributed by atoms with E-state index < -0.39 is 11.8 Å². The van der Waals surface area contributed by atoms with Gasteiger partial charge in [-0.2, -0.15) is 9.98 Å². The molecule has 9 heteroatoms. The van der Waals surface area contributed by atoms with Gasteiger partial charge in [0.25, 0.3) is 5.91 Å². The zero-order chi connectivity index (χ0) is 17.3. The van der Waals surface area contributed by atoms with Crippen LogP contribution in [0.3, 0.4) is 0 Å². The molecule has 1 amide bonds. The zero-order valence-electron chi connectivity index (χ0n) is 12.6. The molecule has 2 aliphatic rings. The summed E-state index contributed by atoms with van der Waals surface area (Å²) in [5, 5.41) is 3.85. The number of benzene rings is 1. The number of amidine groups is 1. The Morgan fingerprint density at radius 1 is 1.21 bits per heavy atom. The summed E-state index contributed by atoms with van der Waals surface area (Å²) in [6, 6.07) is 4.91. The summed E-state index contributed by atoms with van der Waals surface area (Å²) in [5.74, 6) is -0.790. The number of likely N-dealkylation sites (tertiary alicyclic amines) is 1. The molecule has 0 aromatic heterocycles. The van der Waals surface area contributed by atoms with Crippen LogP contribution >= 0.6 is 35.4 Å². The Labute approximate surface area is 154 Å². The third-order valence-corrected chi connectivity index (χ3v) is 4.54. The van der Waals surface area contributed by atoms with Gasteiger partial charge < -0.3 is 16.0 Å². The highest BCUT2D eigenvalue weighted by Gasteiger charge is 2.33. The zero-order valence-corrected chi connectivity index (χ0v) is 15.0. The van der Waals surface area contributed by atoms with Gasteiger partial charge in [-0.15, -0.1) is 0 Å². The molecule has 1 saturated heterocycles. The lowest BCUT2D eigenvalue weighted by Gasteiger charge is -2.23. The topological polar surface area (TPSA) is 83.1 Å². The number of amides is 1. The smallest absolute Gasteiger partial charge is 0.266 e. The van der Waals surface area contributed by atoms with Crippen LogP contribution in [0.25, 0.3) is 0 Å². The van der Waals surface area contributed by atoms with Gasteiger partial charge in [-0.3, -0.25) is 4.79 Å². The van der Waals surface area contributed by atoms with Crippen LogP contribution in [0.2, 0.25) is 10.0 Å². The van der Waals surface area contributed by atoms with E-state index in [1.165, 1.54) is 0 Å². The predicted molar refractivity (Wildman–Crippen MR) is 101 cm³/mol. The molecule has 1 unspecified atom stereocenters. The van der Waals surface area contributed by atoms with E-state index in [-0.39, 0.29) is 10.8 Å². The quantitative estimate of drug-likeness (QED) is 0.767. The molecule has 2 heterocycles. The second kappa shape index (κ2) is 7.04. The van der Waals surface area contributed by atoms with Gasteiger partial charge in [-0.25, -0.2) is 0 Å². The van der Waals surface area contributed by atoms with Gasteiger partial charge in [0.15, 0.2) is 0 Å². The Morgan fingerprint density at radius 2 is 1.83 bits per heavy atom. The Hall–Kier alpha value is -1.70. The lowest BCUT2D eigenvalue weighted by Crippen LogP contribution is -2.44. The SMILES string of the molecule is NC1=NC(N2CCCC2)=NC(=O)C1C(=S)Nc1cc(Cl)cc(Cl)c1. The number of carbonyl (C=O) groups excluding carboxylic acids is 1. The standard InChI is InChI=1S/C15H15Cl2N5OS/c16-8-5-9(17)7-10(6-8)19-14(24)11-12(18)20-15(21-13(11)23)22-3-1-2-4-22/h5-7,11H,1-4H2,(H,19,24)(H2,18,20,21,23). The molecule has 126 valence electrons. The first-order chi connectivity index (χ1) is 11.4. The molecule has 1 fully saturated rings. The van der Waals surface area contributed by atoms with E-state index in [0.29, 0.717) is 21.7 Å². The molecule has 6 nitrogen and oxygen atoms in total. The molecule has 3 N–H and O–H groups in total. The monoisotopic (exact) mass is 383 g/mol. The first kappa shape index (κ1) is 17.1. The van der Waals surface area contributed by atoms with Gasteiger partial charge in [0.2, 0.25) is 5.96 Å². The van der Waals surface area contributed by atoms with Gasteiger partial charge >= 0.3 is 0 Å². The maximum absolute atomic E-state index is 12.4. The van der Waals surface area contributed by atoms with Crippen molar-refractivity contribution >= 4 is 63.8 Å². The normalized spacial score (nSPS) is 20.7. The first-order valence-electron chi connectivity index (χ1n) is 7.42. The van der Waals surface area contributed by atoms with Crippen LogP contribution in [-0.4, -0.2) is 40.7 Å². The third-order valence-electron chi connectivity index (χ3n) is 3.76. The molecule has 24 heavy (non-hydrogen) atoms. The Bertz CT molecular complexity index is 738. The minimum Gasteiger partial charge on any atom is -0.386 e. The summed E-state index contributed by atoms with van der Waals surface area (Å²) < 4.78 is 0. The molecule has 0 aliphatic carbocycles. The molecule has 1 aromatic rings. The summed E-state index contributed by atoms with van der Waals surface area (Å²) in [6.07, 6.45) is 2.11. The van der Waals surface area contributed by atoms with Crippen molar-refractivity contribution in [1.29, 1.82) is 0 Å². The number of thiocarbonyl (C=S) groups is 1. The van der Waals surface area contributed by atoms with Gasteiger partial charge in [-0.1, -0.05) is 35.4 Å². The van der Waals surface area contributed by atoms with E-state index in [0.717, 1.165) is 25.9 Å². The third kappa shape index (κ3) is 3.68. The van der Waals surface area contributed by atoms with Crippen LogP contribution in [-0.2, 0) is 4.79 Å². The van der Waals surface area contributed by atoms with Gasteiger partial charge in [0.05, 0.1) is 0 Å². The van der Waals surface area contributed by atoms with Crippen molar-refractivity contribution in [3.8, 4) is 0 Å². The van der Waals surface area contributed by atoms with Crippen LogP contribution in [0, 0.1) is 5.92 Å². The Kier molecular flexibility index (Phi) is 5.03. The molecule has 3 rings (SSSR count). The molecule has 1 aromatic carbocycles. The molecule has 0 saturated carbocycles. The highest BCUT2D eigenvalue weighted by molar-refractivity contribution is 7.80. The largest absolute Gasteiger partial charge is 0.386 e. The van der Waals surface area contributed by atoms with Crippen LogP contribution in [0.4, 0.5) is 5.69 Å². The molecule has 0 radical (unpaired) electrons. The van der Waals surface area contributed by atoms with Crippen LogP contribution in [0.1, 0.15) is 12.8 Å². The predicted octanol–water partition coefficient (Wildman–Crippen LogP) is 2.70. The maximum Gasteiger partial charge on any atom is 0.266 e. The maximum atomic E-state index is 12.4. The molecule has 2 aliphatic heterocycles. The van der Waals surface area contributed by atoms with E-state index in [9.17, 15) is 4.79 Å². The van der Waals surface area contributed by atoms with Crippen molar-refractivity contribution in [2.75, 3.05) is 18.4 Å². The summed E-state index contributed by atoms with van der Waals surface area (Å²) in [7, 11) is 0. The number of hydrogen-bond acceptors (Lipinski definition) is 5. The summed E-state index contributed by atoms with van der Waals surface area (Å²) in [5.41, 5.74) is 6.56. The van der Waals surface area contributed by atoms with Crippen molar-refractivity contribution in [2.24, 2.45) is 21.6 Å². The highest BCUT2D eigenvalue weighted by Crippen LogP contribution is 2.24. The van der Waals surface area contributed by atoms with Gasteiger partial charge in [0, 0.05) is 28.8 Å². The average Bonchev–Trinajstić information content (AvgIpc) is 2.99. The fraction of sp³-hybridized carbons (Fsp3) is 0.333. The number of rotatable bonds is 2. The van der Waals surface area contributed by atoms with Crippen molar-refractivity contribution < 1.29 is 4.79 Å². The van der Waals surface area contributed by atoms with Crippen molar-refractivity contribution in [1.82, 2.24) is 4.90 Å². The van der Waals surface area contributed by atoms with E-state index in [2.05, 4.69) is 15.3 Å². The number of nitrogens with two attached hydrogens (primary N) is 1. The lowest BCUT2D eigenvalue weighted by molar-refractivity contribution is -0.118. The first-order valence-corrected chi connectivity index (χ1v) is 8.59. The highest BCUT2D eigenvalue weighted by atomic mass is 35.5. The lowest BCUT2D eigenvalue weighted by atomic mass is 10.1. The van der Waals surface area contributed by atoms with Crippen molar-refractivity contribution in [3.05, 3.63) is 28.2 Å². The van der Waals surface area contributed by atoms with Crippen LogP contribution in [0.15, 0.2) is 28.2 Å². The number of nitrogens with zero attached hydrogens (tertiary/aromatic N) is 3. The fourth-order valence-corrected chi connectivity index (χ4v) is 3.51. The van der Waals surface area contributed by atoms with E-state index in [1.54, 1.807) is 18.2 Å². The average molecular weight is 384 g/mol. The molecule has 0 spiro atoms. The van der Waals surface area contributed by atoms with Crippen LogP contribution < -0.4 is 11.1 Å². The second-order valence-electron chi connectivity index (χ2n) is 5.56. The molecule has 1 atom stereocenters. The minimum atomic E-state index is -0.885.